The molecule has 0 atom stereocenters. The van der Waals surface area contributed by atoms with Crippen LogP contribution in [0.3, 0.4) is 0 Å². The Labute approximate surface area is 167 Å². The van der Waals surface area contributed by atoms with Gasteiger partial charge < -0.3 is 4.90 Å². The van der Waals surface area contributed by atoms with Crippen molar-refractivity contribution in [2.45, 2.75) is 12.8 Å². The van der Waals surface area contributed by atoms with E-state index in [0.717, 1.165) is 35.7 Å². The van der Waals surface area contributed by atoms with Gasteiger partial charge in [0.15, 0.2) is 5.65 Å². The van der Waals surface area contributed by atoms with Gasteiger partial charge >= 0.3 is 0 Å². The van der Waals surface area contributed by atoms with Crippen LogP contribution in [-0.2, 0) is 4.79 Å². The van der Waals surface area contributed by atoms with Crippen LogP contribution in [0.5, 0.6) is 0 Å². The molecule has 0 bridgehead atoms. The number of aromatic nitrogens is 5. The Morgan fingerprint density at radius 3 is 2.66 bits per heavy atom. The first-order chi connectivity index (χ1) is 14.2. The summed E-state index contributed by atoms with van der Waals surface area (Å²) >= 11 is 0. The number of carbonyl (C=O) groups excluding carboxylic acids is 1. The van der Waals surface area contributed by atoms with E-state index in [4.69, 9.17) is 0 Å². The van der Waals surface area contributed by atoms with Crippen molar-refractivity contribution >= 4 is 29.1 Å². The first-order valence-corrected chi connectivity index (χ1v) is 9.47. The number of fused-ring (bicyclic) bond motifs is 1. The van der Waals surface area contributed by atoms with E-state index in [9.17, 15) is 4.79 Å². The standard InChI is InChI=1S/C21H19N7O/c1-27(17-6-2-3-12-22-17)18-11-10-15(13-23-18)16-5-4-7-19-24-21(26-28(16)19)25-20(29)14-8-9-14/h2-7,10-14H,8-9H2,1H3,(H,25,26,29). The Kier molecular flexibility index (Phi) is 4.16. The molecule has 5 rings (SSSR count). The fourth-order valence-electron chi connectivity index (χ4n) is 3.14. The third-order valence-corrected chi connectivity index (χ3v) is 4.92. The summed E-state index contributed by atoms with van der Waals surface area (Å²) in [7, 11) is 1.93. The molecule has 8 nitrogen and oxygen atoms in total. The summed E-state index contributed by atoms with van der Waals surface area (Å²) < 4.78 is 1.72. The minimum atomic E-state index is -0.00830. The highest BCUT2D eigenvalue weighted by molar-refractivity contribution is 5.92. The third kappa shape index (κ3) is 3.40. The molecule has 1 fully saturated rings. The van der Waals surface area contributed by atoms with Crippen molar-refractivity contribution in [1.29, 1.82) is 0 Å². The topological polar surface area (TPSA) is 88.3 Å². The molecule has 1 saturated carbocycles. The van der Waals surface area contributed by atoms with E-state index in [1.54, 1.807) is 16.9 Å². The molecule has 1 amide bonds. The van der Waals surface area contributed by atoms with Gasteiger partial charge in [-0.05, 0) is 49.2 Å². The number of pyridine rings is 3. The zero-order valence-electron chi connectivity index (χ0n) is 15.9. The van der Waals surface area contributed by atoms with Gasteiger partial charge in [-0.2, -0.15) is 4.98 Å². The number of anilines is 3. The summed E-state index contributed by atoms with van der Waals surface area (Å²) in [5.74, 6) is 2.03. The SMILES string of the molecule is CN(c1ccccn1)c1ccc(-c2cccc3nc(NC(=O)C4CC4)nn23)cn1. The summed E-state index contributed by atoms with van der Waals surface area (Å²) in [4.78, 5) is 27.3. The summed E-state index contributed by atoms with van der Waals surface area (Å²) in [6, 6.07) is 15.4. The second-order valence-corrected chi connectivity index (χ2v) is 7.03. The molecule has 4 aromatic rings. The van der Waals surface area contributed by atoms with E-state index in [0.29, 0.717) is 11.6 Å². The van der Waals surface area contributed by atoms with Crippen LogP contribution in [0.4, 0.5) is 17.6 Å². The molecule has 0 aromatic carbocycles. The average Bonchev–Trinajstić information content (AvgIpc) is 3.54. The highest BCUT2D eigenvalue weighted by Gasteiger charge is 2.30. The smallest absolute Gasteiger partial charge is 0.249 e. The van der Waals surface area contributed by atoms with Gasteiger partial charge in [0, 0.05) is 30.9 Å². The van der Waals surface area contributed by atoms with Gasteiger partial charge in [-0.3, -0.25) is 10.1 Å². The van der Waals surface area contributed by atoms with E-state index >= 15 is 0 Å². The summed E-state index contributed by atoms with van der Waals surface area (Å²) in [6.45, 7) is 0. The highest BCUT2D eigenvalue weighted by atomic mass is 16.2. The molecule has 4 aromatic heterocycles. The Bertz CT molecular complexity index is 1170. The minimum absolute atomic E-state index is 0.00830. The molecular formula is C21H19N7O. The van der Waals surface area contributed by atoms with Crippen LogP contribution in [0, 0.1) is 5.92 Å². The molecule has 0 spiro atoms. The molecule has 0 unspecified atom stereocenters. The lowest BCUT2D eigenvalue weighted by Crippen LogP contribution is -2.14. The lowest BCUT2D eigenvalue weighted by molar-refractivity contribution is -0.117. The van der Waals surface area contributed by atoms with Crippen molar-refractivity contribution in [2.75, 3.05) is 17.3 Å². The molecule has 1 aliphatic rings. The van der Waals surface area contributed by atoms with E-state index in [-0.39, 0.29) is 11.8 Å². The van der Waals surface area contributed by atoms with E-state index in [1.807, 2.05) is 60.5 Å². The Hall–Kier alpha value is -3.81. The second-order valence-electron chi connectivity index (χ2n) is 7.03. The average molecular weight is 385 g/mol. The van der Waals surface area contributed by atoms with Gasteiger partial charge in [0.1, 0.15) is 11.6 Å². The van der Waals surface area contributed by atoms with Crippen LogP contribution >= 0.6 is 0 Å². The maximum atomic E-state index is 12.0. The predicted molar refractivity (Wildman–Crippen MR) is 110 cm³/mol. The van der Waals surface area contributed by atoms with Gasteiger partial charge in [-0.1, -0.05) is 12.1 Å². The molecule has 0 aliphatic heterocycles. The zero-order valence-corrected chi connectivity index (χ0v) is 15.9. The third-order valence-electron chi connectivity index (χ3n) is 4.92. The molecule has 8 heteroatoms. The van der Waals surface area contributed by atoms with Gasteiger partial charge in [0.2, 0.25) is 11.9 Å². The van der Waals surface area contributed by atoms with Gasteiger partial charge in [0.25, 0.3) is 0 Å². The lowest BCUT2D eigenvalue weighted by atomic mass is 10.2. The number of carbonyl (C=O) groups is 1. The van der Waals surface area contributed by atoms with Crippen molar-refractivity contribution < 1.29 is 4.79 Å². The molecule has 0 radical (unpaired) electrons. The number of nitrogens with one attached hydrogen (secondary N) is 1. The van der Waals surface area contributed by atoms with Crippen LogP contribution in [0.1, 0.15) is 12.8 Å². The first-order valence-electron chi connectivity index (χ1n) is 9.47. The number of rotatable bonds is 5. The van der Waals surface area contributed by atoms with Gasteiger partial charge in [0.05, 0.1) is 5.69 Å². The molecule has 1 aliphatic carbocycles. The van der Waals surface area contributed by atoms with Gasteiger partial charge in [-0.25, -0.2) is 14.5 Å². The van der Waals surface area contributed by atoms with Crippen molar-refractivity contribution in [3.05, 3.63) is 60.9 Å². The van der Waals surface area contributed by atoms with Crippen LogP contribution in [-0.4, -0.2) is 37.5 Å². The van der Waals surface area contributed by atoms with E-state index < -0.39 is 0 Å². The maximum absolute atomic E-state index is 12.0. The van der Waals surface area contributed by atoms with Crippen LogP contribution in [0.25, 0.3) is 16.9 Å². The maximum Gasteiger partial charge on any atom is 0.249 e. The Morgan fingerprint density at radius 1 is 1.07 bits per heavy atom. The van der Waals surface area contributed by atoms with Crippen molar-refractivity contribution in [1.82, 2.24) is 24.6 Å². The Morgan fingerprint density at radius 2 is 1.93 bits per heavy atom. The minimum Gasteiger partial charge on any atom is -0.314 e. The quantitative estimate of drug-likeness (QED) is 0.567. The van der Waals surface area contributed by atoms with Crippen LogP contribution in [0.2, 0.25) is 0 Å². The molecule has 4 heterocycles. The van der Waals surface area contributed by atoms with Gasteiger partial charge in [-0.15, -0.1) is 5.10 Å². The van der Waals surface area contributed by atoms with Crippen LogP contribution in [0.15, 0.2) is 60.9 Å². The molecule has 29 heavy (non-hydrogen) atoms. The summed E-state index contributed by atoms with van der Waals surface area (Å²) in [5.41, 5.74) is 2.42. The summed E-state index contributed by atoms with van der Waals surface area (Å²) in [6.07, 6.45) is 5.43. The lowest BCUT2D eigenvalue weighted by Gasteiger charge is -2.17. The molecule has 0 saturated heterocycles. The normalized spacial score (nSPS) is 13.4. The zero-order chi connectivity index (χ0) is 19.8. The first kappa shape index (κ1) is 17.3. The predicted octanol–water partition coefficient (Wildman–Crippen LogP) is 3.30. The van der Waals surface area contributed by atoms with Crippen molar-refractivity contribution in [2.24, 2.45) is 5.92 Å². The fraction of sp³-hybridized carbons (Fsp3) is 0.190. The van der Waals surface area contributed by atoms with Crippen molar-refractivity contribution in [3.8, 4) is 11.3 Å². The summed E-state index contributed by atoms with van der Waals surface area (Å²) in [5, 5.41) is 7.27. The van der Waals surface area contributed by atoms with E-state index in [1.165, 1.54) is 0 Å². The number of hydrogen-bond donors (Lipinski definition) is 1. The monoisotopic (exact) mass is 385 g/mol. The molecule has 1 N–H and O–H groups in total. The van der Waals surface area contributed by atoms with Crippen molar-refractivity contribution in [3.63, 3.8) is 0 Å². The molecule has 144 valence electrons. The fourth-order valence-corrected chi connectivity index (χ4v) is 3.14. The number of amides is 1. The molecular weight excluding hydrogens is 366 g/mol. The number of hydrogen-bond acceptors (Lipinski definition) is 6. The van der Waals surface area contributed by atoms with Crippen LogP contribution < -0.4 is 10.2 Å². The van der Waals surface area contributed by atoms with E-state index in [2.05, 4.69) is 25.4 Å². The highest BCUT2D eigenvalue weighted by Crippen LogP contribution is 2.30. The second kappa shape index (κ2) is 6.97. The number of nitrogens with zero attached hydrogens (tertiary/aromatic N) is 6. The Balaban J connectivity index is 1.44. The largest absolute Gasteiger partial charge is 0.314 e.